The van der Waals surface area contributed by atoms with Crippen molar-refractivity contribution >= 4 is 10.0 Å². The van der Waals surface area contributed by atoms with E-state index in [1.165, 1.54) is 28.6 Å². The number of sulfonamides is 1. The summed E-state index contributed by atoms with van der Waals surface area (Å²) in [6.45, 7) is 2.46. The van der Waals surface area contributed by atoms with Crippen LogP contribution in [0.1, 0.15) is 18.9 Å². The molecule has 19 heavy (non-hydrogen) atoms. The van der Waals surface area contributed by atoms with Gasteiger partial charge in [-0.25, -0.2) is 8.42 Å². The van der Waals surface area contributed by atoms with E-state index in [-0.39, 0.29) is 10.8 Å². The lowest BCUT2D eigenvalue weighted by molar-refractivity contribution is 0.133. The van der Waals surface area contributed by atoms with Crippen molar-refractivity contribution in [2.45, 2.75) is 24.3 Å². The average molecular weight is 280 g/mol. The molecule has 0 amide bonds. The predicted octanol–water partition coefficient (Wildman–Crippen LogP) is 0.950. The molecule has 0 aliphatic carbocycles. The van der Waals surface area contributed by atoms with Gasteiger partial charge in [-0.15, -0.1) is 0 Å². The fraction of sp³-hybridized carbons (Fsp3) is 0.462. The Labute approximate surface area is 113 Å². The Morgan fingerprint density at radius 1 is 1.42 bits per heavy atom. The van der Waals surface area contributed by atoms with Gasteiger partial charge in [-0.2, -0.15) is 9.57 Å². The molecule has 1 aromatic carbocycles. The predicted molar refractivity (Wildman–Crippen MR) is 69.7 cm³/mol. The second-order valence-corrected chi connectivity index (χ2v) is 6.73. The summed E-state index contributed by atoms with van der Waals surface area (Å²) in [6.07, 6.45) is 0.175. The van der Waals surface area contributed by atoms with Crippen LogP contribution in [0.3, 0.4) is 0 Å². The standard InChI is InChI=1S/C13H16N2O3S/c1-10(16)12-6-7-15(9-12)19(17,18)13-4-2-11(8-14)3-5-13/h2-5,10,12,16H,6-7,9H2,1H3. The lowest BCUT2D eigenvalue weighted by Gasteiger charge is -2.17. The summed E-state index contributed by atoms with van der Waals surface area (Å²) in [5.74, 6) is -0.00634. The minimum Gasteiger partial charge on any atom is -0.393 e. The van der Waals surface area contributed by atoms with Crippen LogP contribution in [-0.2, 0) is 10.0 Å². The van der Waals surface area contributed by atoms with Crippen molar-refractivity contribution in [3.8, 4) is 6.07 Å². The van der Waals surface area contributed by atoms with Crippen LogP contribution >= 0.6 is 0 Å². The number of benzene rings is 1. The van der Waals surface area contributed by atoms with Crippen LogP contribution in [-0.4, -0.2) is 37.0 Å². The van der Waals surface area contributed by atoms with Gasteiger partial charge in [0.25, 0.3) is 0 Å². The second-order valence-electron chi connectivity index (χ2n) is 4.79. The maximum atomic E-state index is 12.4. The van der Waals surface area contributed by atoms with Crippen LogP contribution in [0.15, 0.2) is 29.2 Å². The molecule has 0 bridgehead atoms. The second kappa shape index (κ2) is 5.29. The van der Waals surface area contributed by atoms with Crippen molar-refractivity contribution in [3.63, 3.8) is 0 Å². The molecule has 1 aliphatic rings. The molecule has 0 radical (unpaired) electrons. The summed E-state index contributed by atoms with van der Waals surface area (Å²) in [5, 5.41) is 18.2. The minimum absolute atomic E-state index is 0.00634. The summed E-state index contributed by atoms with van der Waals surface area (Å²) >= 11 is 0. The first kappa shape index (κ1) is 14.0. The van der Waals surface area contributed by atoms with Crippen LogP contribution in [0.5, 0.6) is 0 Å². The van der Waals surface area contributed by atoms with Crippen molar-refractivity contribution in [3.05, 3.63) is 29.8 Å². The van der Waals surface area contributed by atoms with Gasteiger partial charge in [0, 0.05) is 13.1 Å². The Bertz CT molecular complexity index is 587. The SMILES string of the molecule is CC(O)C1CCN(S(=O)(=O)c2ccc(C#N)cc2)C1. The monoisotopic (exact) mass is 280 g/mol. The highest BCUT2D eigenvalue weighted by molar-refractivity contribution is 7.89. The highest BCUT2D eigenvalue weighted by Gasteiger charge is 2.34. The Morgan fingerprint density at radius 2 is 2.05 bits per heavy atom. The average Bonchev–Trinajstić information content (AvgIpc) is 2.89. The van der Waals surface area contributed by atoms with Gasteiger partial charge in [-0.1, -0.05) is 0 Å². The summed E-state index contributed by atoms with van der Waals surface area (Å²) in [4.78, 5) is 0.192. The molecule has 2 atom stereocenters. The number of aliphatic hydroxyl groups is 1. The maximum absolute atomic E-state index is 12.4. The number of nitrogens with zero attached hydrogens (tertiary/aromatic N) is 2. The minimum atomic E-state index is -3.52. The van der Waals surface area contributed by atoms with Gasteiger partial charge < -0.3 is 5.11 Å². The van der Waals surface area contributed by atoms with Gasteiger partial charge in [0.15, 0.2) is 0 Å². The third kappa shape index (κ3) is 2.78. The molecule has 5 nitrogen and oxygen atoms in total. The zero-order valence-corrected chi connectivity index (χ0v) is 11.5. The number of aliphatic hydroxyl groups excluding tert-OH is 1. The van der Waals surface area contributed by atoms with E-state index in [0.717, 1.165) is 0 Å². The van der Waals surface area contributed by atoms with Crippen molar-refractivity contribution in [1.82, 2.24) is 4.31 Å². The van der Waals surface area contributed by atoms with Crippen molar-refractivity contribution in [2.75, 3.05) is 13.1 Å². The molecule has 2 unspecified atom stereocenters. The molecule has 102 valence electrons. The Hall–Kier alpha value is -1.42. The number of hydrogen-bond donors (Lipinski definition) is 1. The van der Waals surface area contributed by atoms with Crippen LogP contribution in [0.4, 0.5) is 0 Å². The fourth-order valence-electron chi connectivity index (χ4n) is 2.22. The normalized spacial score (nSPS) is 22.1. The van der Waals surface area contributed by atoms with Gasteiger partial charge in [-0.3, -0.25) is 0 Å². The Kier molecular flexibility index (Phi) is 3.90. The van der Waals surface area contributed by atoms with E-state index >= 15 is 0 Å². The molecule has 1 saturated heterocycles. The largest absolute Gasteiger partial charge is 0.393 e. The summed E-state index contributed by atoms with van der Waals surface area (Å²) in [7, 11) is -3.52. The van der Waals surface area contributed by atoms with Gasteiger partial charge in [-0.05, 0) is 43.5 Å². The first-order chi connectivity index (χ1) is 8.95. The molecule has 1 aliphatic heterocycles. The van der Waals surface area contributed by atoms with E-state index in [0.29, 0.717) is 25.1 Å². The summed E-state index contributed by atoms with van der Waals surface area (Å²) in [5.41, 5.74) is 0.433. The van der Waals surface area contributed by atoms with Crippen molar-refractivity contribution in [1.29, 1.82) is 5.26 Å². The van der Waals surface area contributed by atoms with E-state index in [1.54, 1.807) is 6.92 Å². The van der Waals surface area contributed by atoms with Gasteiger partial charge in [0.05, 0.1) is 22.6 Å². The lowest BCUT2D eigenvalue weighted by Crippen LogP contribution is -2.30. The Morgan fingerprint density at radius 3 is 2.53 bits per heavy atom. The van der Waals surface area contributed by atoms with E-state index in [1.807, 2.05) is 6.07 Å². The van der Waals surface area contributed by atoms with E-state index < -0.39 is 16.1 Å². The van der Waals surface area contributed by atoms with Crippen molar-refractivity contribution in [2.24, 2.45) is 5.92 Å². The fourth-order valence-corrected chi connectivity index (χ4v) is 3.73. The van der Waals surface area contributed by atoms with E-state index in [2.05, 4.69) is 0 Å². The van der Waals surface area contributed by atoms with Gasteiger partial charge >= 0.3 is 0 Å². The molecule has 1 fully saturated rings. The molecule has 1 aromatic rings. The lowest BCUT2D eigenvalue weighted by atomic mass is 10.0. The number of nitriles is 1. The van der Waals surface area contributed by atoms with E-state index in [9.17, 15) is 13.5 Å². The van der Waals surface area contributed by atoms with Gasteiger partial charge in [0.1, 0.15) is 0 Å². The zero-order valence-electron chi connectivity index (χ0n) is 10.7. The molecule has 2 rings (SSSR count). The zero-order chi connectivity index (χ0) is 14.0. The van der Waals surface area contributed by atoms with Crippen LogP contribution in [0, 0.1) is 17.2 Å². The molecule has 1 heterocycles. The number of rotatable bonds is 3. The number of hydrogen-bond acceptors (Lipinski definition) is 4. The first-order valence-electron chi connectivity index (χ1n) is 6.13. The topological polar surface area (TPSA) is 81.4 Å². The first-order valence-corrected chi connectivity index (χ1v) is 7.57. The molecular weight excluding hydrogens is 264 g/mol. The van der Waals surface area contributed by atoms with Crippen LogP contribution in [0.2, 0.25) is 0 Å². The maximum Gasteiger partial charge on any atom is 0.243 e. The van der Waals surface area contributed by atoms with Gasteiger partial charge in [0.2, 0.25) is 10.0 Å². The Balaban J connectivity index is 2.21. The molecule has 0 spiro atoms. The molecular formula is C13H16N2O3S. The molecule has 0 aromatic heterocycles. The van der Waals surface area contributed by atoms with Crippen molar-refractivity contribution < 1.29 is 13.5 Å². The van der Waals surface area contributed by atoms with Crippen LogP contribution in [0.25, 0.3) is 0 Å². The quantitative estimate of drug-likeness (QED) is 0.893. The summed E-state index contributed by atoms with van der Waals surface area (Å²) < 4.78 is 26.1. The van der Waals surface area contributed by atoms with E-state index in [4.69, 9.17) is 5.26 Å². The third-order valence-electron chi connectivity index (χ3n) is 3.49. The summed E-state index contributed by atoms with van der Waals surface area (Å²) in [6, 6.07) is 7.84. The highest BCUT2D eigenvalue weighted by Crippen LogP contribution is 2.26. The molecule has 0 saturated carbocycles. The molecule has 1 N–H and O–H groups in total. The smallest absolute Gasteiger partial charge is 0.243 e. The third-order valence-corrected chi connectivity index (χ3v) is 5.37. The highest BCUT2D eigenvalue weighted by atomic mass is 32.2. The van der Waals surface area contributed by atoms with Crippen LogP contribution < -0.4 is 0 Å². The molecule has 6 heteroatoms.